The van der Waals surface area contributed by atoms with E-state index in [4.69, 9.17) is 4.74 Å². The van der Waals surface area contributed by atoms with Gasteiger partial charge in [0.1, 0.15) is 5.75 Å². The van der Waals surface area contributed by atoms with Crippen molar-refractivity contribution in [2.24, 2.45) is 0 Å². The number of ether oxygens (including phenoxy) is 1. The highest BCUT2D eigenvalue weighted by Gasteiger charge is 2.09. The summed E-state index contributed by atoms with van der Waals surface area (Å²) in [6.45, 7) is 4.00. The monoisotopic (exact) mass is 390 g/mol. The van der Waals surface area contributed by atoms with E-state index in [1.165, 1.54) is 5.56 Å². The number of benzene rings is 2. The average molecular weight is 391 g/mol. The third-order valence-corrected chi connectivity index (χ3v) is 3.95. The lowest BCUT2D eigenvalue weighted by Crippen LogP contribution is -2.43. The molecule has 2 aromatic carbocycles. The highest BCUT2D eigenvalue weighted by Crippen LogP contribution is 2.28. The Hall–Kier alpha value is -2.34. The zero-order chi connectivity index (χ0) is 17.5. The van der Waals surface area contributed by atoms with Crippen LogP contribution >= 0.6 is 15.9 Å². The number of rotatable bonds is 5. The fourth-order valence-corrected chi connectivity index (χ4v) is 2.47. The number of amides is 2. The smallest absolute Gasteiger partial charge is 0.276 e. The van der Waals surface area contributed by atoms with Crippen molar-refractivity contribution in [2.75, 3.05) is 6.61 Å². The van der Waals surface area contributed by atoms with Crippen LogP contribution < -0.4 is 15.6 Å². The zero-order valence-corrected chi connectivity index (χ0v) is 15.1. The average Bonchev–Trinajstić information content (AvgIpc) is 2.59. The standard InChI is InChI=1S/C18H19BrN2O3/c1-12(2)14-8-9-16(15(19)10-14)24-11-17(22)20-21-18(23)13-6-4-3-5-7-13/h3-10,12H,11H2,1-2H3,(H,20,22)(H,21,23). The Labute approximate surface area is 149 Å². The minimum atomic E-state index is -0.445. The summed E-state index contributed by atoms with van der Waals surface area (Å²) in [4.78, 5) is 23.6. The molecular formula is C18H19BrN2O3. The minimum Gasteiger partial charge on any atom is -0.483 e. The van der Waals surface area contributed by atoms with Crippen LogP contribution in [0.4, 0.5) is 0 Å². The molecule has 2 N–H and O–H groups in total. The lowest BCUT2D eigenvalue weighted by Gasteiger charge is -2.12. The summed E-state index contributed by atoms with van der Waals surface area (Å²) in [5.74, 6) is 0.154. The molecule has 0 atom stereocenters. The number of carbonyl (C=O) groups is 2. The molecule has 0 aromatic heterocycles. The lowest BCUT2D eigenvalue weighted by atomic mass is 10.0. The molecule has 2 rings (SSSR count). The molecular weight excluding hydrogens is 372 g/mol. The maximum atomic E-state index is 11.8. The fourth-order valence-electron chi connectivity index (χ4n) is 1.96. The maximum Gasteiger partial charge on any atom is 0.276 e. The van der Waals surface area contributed by atoms with Gasteiger partial charge in [0.25, 0.3) is 11.8 Å². The van der Waals surface area contributed by atoms with Gasteiger partial charge in [-0.05, 0) is 51.7 Å². The molecule has 0 bridgehead atoms. The third-order valence-electron chi connectivity index (χ3n) is 3.33. The first-order valence-corrected chi connectivity index (χ1v) is 8.33. The summed E-state index contributed by atoms with van der Waals surface area (Å²) in [6, 6.07) is 14.4. The first-order valence-electron chi connectivity index (χ1n) is 7.54. The third kappa shape index (κ3) is 5.09. The Balaban J connectivity index is 1.82. The Morgan fingerprint density at radius 2 is 1.79 bits per heavy atom. The SMILES string of the molecule is CC(C)c1ccc(OCC(=O)NNC(=O)c2ccccc2)c(Br)c1. The summed E-state index contributed by atoms with van der Waals surface area (Å²) in [7, 11) is 0. The minimum absolute atomic E-state index is 0.200. The van der Waals surface area contributed by atoms with Crippen molar-refractivity contribution in [3.05, 3.63) is 64.1 Å². The van der Waals surface area contributed by atoms with Crippen LogP contribution in [0.3, 0.4) is 0 Å². The summed E-state index contributed by atoms with van der Waals surface area (Å²) in [5.41, 5.74) is 6.30. The quantitative estimate of drug-likeness (QED) is 0.768. The molecule has 0 aliphatic rings. The second-order valence-corrected chi connectivity index (χ2v) is 6.36. The molecule has 0 aliphatic heterocycles. The van der Waals surface area contributed by atoms with Gasteiger partial charge >= 0.3 is 0 Å². The van der Waals surface area contributed by atoms with Crippen LogP contribution in [0.2, 0.25) is 0 Å². The van der Waals surface area contributed by atoms with Crippen LogP contribution in [0, 0.1) is 0 Å². The van der Waals surface area contributed by atoms with Crippen molar-refractivity contribution < 1.29 is 14.3 Å². The molecule has 0 fully saturated rings. The second kappa shape index (κ2) is 8.49. The number of nitrogens with one attached hydrogen (secondary N) is 2. The molecule has 24 heavy (non-hydrogen) atoms. The number of carbonyl (C=O) groups excluding carboxylic acids is 2. The van der Waals surface area contributed by atoms with E-state index in [0.29, 0.717) is 17.2 Å². The number of halogens is 1. The molecule has 2 amide bonds. The van der Waals surface area contributed by atoms with Gasteiger partial charge in [0.15, 0.2) is 6.61 Å². The Morgan fingerprint density at radius 1 is 1.08 bits per heavy atom. The van der Waals surface area contributed by atoms with Gasteiger partial charge in [-0.3, -0.25) is 20.4 Å². The van der Waals surface area contributed by atoms with Crippen molar-refractivity contribution in [1.29, 1.82) is 0 Å². The first-order chi connectivity index (χ1) is 11.5. The normalized spacial score (nSPS) is 10.3. The van der Waals surface area contributed by atoms with Gasteiger partial charge in [-0.1, -0.05) is 38.1 Å². The van der Waals surface area contributed by atoms with Crippen LogP contribution in [-0.4, -0.2) is 18.4 Å². The molecule has 0 radical (unpaired) electrons. The number of hydrogen-bond acceptors (Lipinski definition) is 3. The first kappa shape index (κ1) is 18.0. The van der Waals surface area contributed by atoms with E-state index < -0.39 is 5.91 Å². The van der Waals surface area contributed by atoms with Crippen LogP contribution in [0.15, 0.2) is 53.0 Å². The van der Waals surface area contributed by atoms with E-state index in [9.17, 15) is 9.59 Å². The molecule has 5 nitrogen and oxygen atoms in total. The maximum absolute atomic E-state index is 11.8. The van der Waals surface area contributed by atoms with E-state index in [0.717, 1.165) is 4.47 Å². The van der Waals surface area contributed by atoms with Crippen molar-refractivity contribution >= 4 is 27.7 Å². The van der Waals surface area contributed by atoms with Crippen LogP contribution in [-0.2, 0) is 4.79 Å². The molecule has 0 heterocycles. The highest BCUT2D eigenvalue weighted by molar-refractivity contribution is 9.10. The summed E-state index contributed by atoms with van der Waals surface area (Å²) in [5, 5.41) is 0. The summed E-state index contributed by atoms with van der Waals surface area (Å²) < 4.78 is 6.25. The van der Waals surface area contributed by atoms with E-state index in [1.54, 1.807) is 24.3 Å². The van der Waals surface area contributed by atoms with Crippen LogP contribution in [0.25, 0.3) is 0 Å². The predicted octanol–water partition coefficient (Wildman–Crippen LogP) is 3.41. The molecule has 0 saturated heterocycles. The van der Waals surface area contributed by atoms with E-state index >= 15 is 0 Å². The number of hydrogen-bond donors (Lipinski definition) is 2. The van der Waals surface area contributed by atoms with Gasteiger partial charge in [-0.15, -0.1) is 0 Å². The summed E-state index contributed by atoms with van der Waals surface area (Å²) in [6.07, 6.45) is 0. The molecule has 0 aliphatic carbocycles. The van der Waals surface area contributed by atoms with E-state index in [2.05, 4.69) is 40.6 Å². The molecule has 2 aromatic rings. The van der Waals surface area contributed by atoms with Crippen molar-refractivity contribution in [2.45, 2.75) is 19.8 Å². The van der Waals surface area contributed by atoms with Crippen molar-refractivity contribution in [3.8, 4) is 5.75 Å². The lowest BCUT2D eigenvalue weighted by molar-refractivity contribution is -0.123. The highest BCUT2D eigenvalue weighted by atomic mass is 79.9. The van der Waals surface area contributed by atoms with Gasteiger partial charge in [0.05, 0.1) is 4.47 Å². The molecule has 6 heteroatoms. The van der Waals surface area contributed by atoms with Crippen molar-refractivity contribution in [1.82, 2.24) is 10.9 Å². The molecule has 126 valence electrons. The fraction of sp³-hybridized carbons (Fsp3) is 0.222. The second-order valence-electron chi connectivity index (χ2n) is 5.50. The topological polar surface area (TPSA) is 67.4 Å². The van der Waals surface area contributed by atoms with E-state index in [-0.39, 0.29) is 12.5 Å². The Kier molecular flexibility index (Phi) is 6.37. The molecule has 0 unspecified atom stereocenters. The largest absolute Gasteiger partial charge is 0.483 e. The Morgan fingerprint density at radius 3 is 2.42 bits per heavy atom. The number of hydrazine groups is 1. The van der Waals surface area contributed by atoms with Crippen molar-refractivity contribution in [3.63, 3.8) is 0 Å². The molecule has 0 saturated carbocycles. The summed E-state index contributed by atoms with van der Waals surface area (Å²) >= 11 is 3.43. The van der Waals surface area contributed by atoms with Crippen LogP contribution in [0.5, 0.6) is 5.75 Å². The van der Waals surface area contributed by atoms with Crippen LogP contribution in [0.1, 0.15) is 35.7 Å². The predicted molar refractivity (Wildman–Crippen MR) is 95.8 cm³/mol. The zero-order valence-electron chi connectivity index (χ0n) is 13.5. The van der Waals surface area contributed by atoms with Gasteiger partial charge in [-0.2, -0.15) is 0 Å². The van der Waals surface area contributed by atoms with E-state index in [1.807, 2.05) is 24.3 Å². The van der Waals surface area contributed by atoms with Gasteiger partial charge < -0.3 is 4.74 Å². The molecule has 0 spiro atoms. The Bertz CT molecular complexity index is 717. The van der Waals surface area contributed by atoms with Gasteiger partial charge in [0, 0.05) is 5.56 Å². The van der Waals surface area contributed by atoms with Gasteiger partial charge in [-0.25, -0.2) is 0 Å². The van der Waals surface area contributed by atoms with Gasteiger partial charge in [0.2, 0.25) is 0 Å².